The Morgan fingerprint density at radius 2 is 1.23 bits per heavy atom. The average molecular weight is 647 g/mol. The fourth-order valence-electron chi connectivity index (χ4n) is 4.88. The normalized spacial score (nSPS) is 20.3. The number of carbonyl (C=O) groups is 4. The molecule has 7 heteroatoms. The maximum Gasteiger partial charge on any atom is 0.303 e. The number of aliphatic hydroxyl groups is 1. The molecule has 0 saturated heterocycles. The maximum atomic E-state index is 11.9. The van der Waals surface area contributed by atoms with E-state index in [1.165, 1.54) is 0 Å². The molecule has 0 heterocycles. The second-order valence-corrected chi connectivity index (χ2v) is 11.5. The lowest BCUT2D eigenvalue weighted by atomic mass is 9.96. The van der Waals surface area contributed by atoms with Gasteiger partial charge in [0.05, 0.1) is 6.10 Å². The van der Waals surface area contributed by atoms with Crippen LogP contribution < -0.4 is 0 Å². The fourth-order valence-corrected chi connectivity index (χ4v) is 4.88. The topological polar surface area (TPSA) is 129 Å². The lowest BCUT2D eigenvalue weighted by Gasteiger charge is -2.10. The molecule has 2 aliphatic carbocycles. The van der Waals surface area contributed by atoms with Crippen molar-refractivity contribution in [1.29, 1.82) is 0 Å². The minimum absolute atomic E-state index is 0.0237. The number of carboxylic acid groups (broad SMARTS) is 2. The summed E-state index contributed by atoms with van der Waals surface area (Å²) < 4.78 is 0. The minimum Gasteiger partial charge on any atom is -0.481 e. The van der Waals surface area contributed by atoms with E-state index in [-0.39, 0.29) is 36.2 Å². The van der Waals surface area contributed by atoms with Gasteiger partial charge >= 0.3 is 11.9 Å². The van der Waals surface area contributed by atoms with Gasteiger partial charge in [-0.3, -0.25) is 19.2 Å². The van der Waals surface area contributed by atoms with E-state index in [1.807, 2.05) is 79.8 Å². The van der Waals surface area contributed by atoms with Crippen LogP contribution in [0.1, 0.15) is 97.3 Å². The first kappa shape index (κ1) is 40.9. The Bertz CT molecular complexity index is 1250. The van der Waals surface area contributed by atoms with Gasteiger partial charge in [-0.15, -0.1) is 0 Å². The Labute approximate surface area is 281 Å². The molecular weight excluding hydrogens is 592 g/mol. The lowest BCUT2D eigenvalue weighted by molar-refractivity contribution is -0.138. The van der Waals surface area contributed by atoms with Gasteiger partial charge in [0, 0.05) is 35.8 Å². The zero-order valence-electron chi connectivity index (χ0n) is 28.1. The highest BCUT2D eigenvalue weighted by molar-refractivity contribution is 6.07. The number of ketones is 2. The summed E-state index contributed by atoms with van der Waals surface area (Å²) in [5.74, 6) is -1.22. The van der Waals surface area contributed by atoms with Crippen molar-refractivity contribution >= 4 is 23.5 Å². The first-order chi connectivity index (χ1) is 22.7. The Morgan fingerprint density at radius 3 is 1.79 bits per heavy atom. The van der Waals surface area contributed by atoms with Crippen LogP contribution in [0.5, 0.6) is 0 Å². The predicted octanol–water partition coefficient (Wildman–Crippen LogP) is 8.76. The molecule has 0 unspecified atom stereocenters. The highest BCUT2D eigenvalue weighted by Crippen LogP contribution is 2.27. The summed E-state index contributed by atoms with van der Waals surface area (Å²) in [5.41, 5.74) is 1.58. The van der Waals surface area contributed by atoms with Crippen molar-refractivity contribution in [2.45, 2.75) is 103 Å². The van der Waals surface area contributed by atoms with Gasteiger partial charge < -0.3 is 15.3 Å². The van der Waals surface area contributed by atoms with E-state index in [1.54, 1.807) is 12.2 Å². The zero-order valence-corrected chi connectivity index (χ0v) is 28.1. The van der Waals surface area contributed by atoms with Crippen LogP contribution in [0, 0.1) is 11.8 Å². The number of hydrogen-bond donors (Lipinski definition) is 3. The lowest BCUT2D eigenvalue weighted by Crippen LogP contribution is -2.07. The van der Waals surface area contributed by atoms with Crippen LogP contribution in [-0.4, -0.2) is 44.9 Å². The van der Waals surface area contributed by atoms with Gasteiger partial charge in [-0.1, -0.05) is 98.9 Å². The van der Waals surface area contributed by atoms with Crippen LogP contribution in [0.2, 0.25) is 0 Å². The number of carbonyl (C=O) groups excluding carboxylic acids is 2. The zero-order chi connectivity index (χ0) is 34.7. The molecule has 2 aliphatic rings. The van der Waals surface area contributed by atoms with Crippen LogP contribution >= 0.6 is 0 Å². The molecule has 0 aromatic carbocycles. The molecule has 0 aliphatic heterocycles. The molecule has 47 heavy (non-hydrogen) atoms. The van der Waals surface area contributed by atoms with Crippen LogP contribution in [0.4, 0.5) is 0 Å². The third-order valence-corrected chi connectivity index (χ3v) is 7.47. The Morgan fingerprint density at radius 1 is 0.702 bits per heavy atom. The average Bonchev–Trinajstić information content (AvgIpc) is 3.57. The Hall–Kier alpha value is -4.10. The molecule has 0 amide bonds. The first-order valence-corrected chi connectivity index (χ1v) is 16.9. The van der Waals surface area contributed by atoms with Gasteiger partial charge in [0.25, 0.3) is 0 Å². The summed E-state index contributed by atoms with van der Waals surface area (Å²) in [7, 11) is 0. The number of allylic oxidation sites excluding steroid dienone is 16. The van der Waals surface area contributed by atoms with Gasteiger partial charge in [-0.2, -0.15) is 0 Å². The third-order valence-electron chi connectivity index (χ3n) is 7.47. The summed E-state index contributed by atoms with van der Waals surface area (Å²) in [5, 5.41) is 27.1. The van der Waals surface area contributed by atoms with E-state index in [9.17, 15) is 24.3 Å². The van der Waals surface area contributed by atoms with Crippen molar-refractivity contribution in [3.63, 3.8) is 0 Å². The molecule has 0 saturated carbocycles. The van der Waals surface area contributed by atoms with Crippen molar-refractivity contribution < 1.29 is 34.5 Å². The first-order valence-electron chi connectivity index (χ1n) is 16.9. The molecule has 0 fully saturated rings. The number of carboxylic acids is 2. The number of rotatable bonds is 21. The second kappa shape index (κ2) is 26.0. The molecule has 0 radical (unpaired) electrons. The molecular formula is C40H54O7. The smallest absolute Gasteiger partial charge is 0.303 e. The SMILES string of the molecule is CC/C=C\C/C=C/C=C1/C(=O)C=C[C@@H]1C/C=C\CCCC(=O)O.CC/C=C\C[C@H](O)C/C=C1/C(=O)C=C[C@@H]1C/C=C\CCCC(=O)O. The molecule has 3 atom stereocenters. The van der Waals surface area contributed by atoms with E-state index in [0.29, 0.717) is 25.7 Å². The standard InChI is InChI=1S/C20H28O4.C20H26O3/c1-2-3-6-10-17(21)13-14-18-16(12-15-19(18)22)9-7-4-5-8-11-20(23)24;1-2-3-4-5-6-10-13-18-17(15-16-19(18)21)12-9-7-8-11-14-20(22)23/h3-4,6-7,12,14-17,21H,2,5,8-11,13H2,1H3,(H,23,24);3-4,6-7,9-10,13,15-17H,2,5,8,11-12,14H2,1H3,(H,22,23)/b6-3-,7-4-,18-14+;4-3-,9-7-,10-6+,18-13+/t16-,17-;17-/m00/s1. The number of unbranched alkanes of at least 4 members (excludes halogenated alkanes) is 2. The van der Waals surface area contributed by atoms with Crippen molar-refractivity contribution in [3.8, 4) is 0 Å². The molecule has 0 aromatic heterocycles. The summed E-state index contributed by atoms with van der Waals surface area (Å²) in [6.07, 6.45) is 39.3. The number of hydrogen-bond acceptors (Lipinski definition) is 5. The number of aliphatic hydroxyl groups excluding tert-OH is 1. The monoisotopic (exact) mass is 646 g/mol. The van der Waals surface area contributed by atoms with Crippen molar-refractivity contribution in [2.24, 2.45) is 11.8 Å². The van der Waals surface area contributed by atoms with Crippen molar-refractivity contribution in [2.75, 3.05) is 0 Å². The van der Waals surface area contributed by atoms with Crippen molar-refractivity contribution in [3.05, 3.63) is 108 Å². The number of aliphatic carboxylic acids is 2. The third kappa shape index (κ3) is 19.9. The molecule has 0 bridgehead atoms. The Balaban J connectivity index is 0.000000470. The van der Waals surface area contributed by atoms with Gasteiger partial charge in [-0.05, 0) is 82.8 Å². The van der Waals surface area contributed by atoms with Gasteiger partial charge in [-0.25, -0.2) is 0 Å². The second-order valence-electron chi connectivity index (χ2n) is 11.5. The molecule has 0 aromatic rings. The van der Waals surface area contributed by atoms with Crippen molar-refractivity contribution in [1.82, 2.24) is 0 Å². The van der Waals surface area contributed by atoms with Crippen LogP contribution in [0.15, 0.2) is 108 Å². The molecule has 256 valence electrons. The van der Waals surface area contributed by atoms with Gasteiger partial charge in [0.2, 0.25) is 0 Å². The van der Waals surface area contributed by atoms with E-state index in [4.69, 9.17) is 10.2 Å². The van der Waals surface area contributed by atoms with Gasteiger partial charge in [0.15, 0.2) is 11.6 Å². The molecule has 3 N–H and O–H groups in total. The molecule has 7 nitrogen and oxygen atoms in total. The Kier molecular flexibility index (Phi) is 22.7. The highest BCUT2D eigenvalue weighted by atomic mass is 16.4. The van der Waals surface area contributed by atoms with Gasteiger partial charge in [0.1, 0.15) is 0 Å². The maximum absolute atomic E-state index is 11.9. The van der Waals surface area contributed by atoms with Crippen LogP contribution in [0.25, 0.3) is 0 Å². The molecule has 0 spiro atoms. The van der Waals surface area contributed by atoms with Crippen LogP contribution in [0.3, 0.4) is 0 Å². The largest absolute Gasteiger partial charge is 0.481 e. The fraction of sp³-hybridized carbons (Fsp3) is 0.450. The minimum atomic E-state index is -0.773. The predicted molar refractivity (Wildman–Crippen MR) is 190 cm³/mol. The van der Waals surface area contributed by atoms with Crippen LogP contribution in [-0.2, 0) is 19.2 Å². The highest BCUT2D eigenvalue weighted by Gasteiger charge is 2.22. The quantitative estimate of drug-likeness (QED) is 0.0646. The van der Waals surface area contributed by atoms with E-state index < -0.39 is 18.0 Å². The summed E-state index contributed by atoms with van der Waals surface area (Å²) in [4.78, 5) is 44.6. The summed E-state index contributed by atoms with van der Waals surface area (Å²) in [6, 6.07) is 0. The summed E-state index contributed by atoms with van der Waals surface area (Å²) >= 11 is 0. The summed E-state index contributed by atoms with van der Waals surface area (Å²) in [6.45, 7) is 4.15. The molecule has 2 rings (SSSR count). The van der Waals surface area contributed by atoms with E-state index in [2.05, 4.69) is 19.1 Å². The van der Waals surface area contributed by atoms with E-state index in [0.717, 1.165) is 56.1 Å². The van der Waals surface area contributed by atoms with E-state index >= 15 is 0 Å².